The summed E-state index contributed by atoms with van der Waals surface area (Å²) >= 11 is 24.3. The van der Waals surface area contributed by atoms with Crippen LogP contribution in [0.15, 0.2) is 111 Å². The summed E-state index contributed by atoms with van der Waals surface area (Å²) in [6, 6.07) is 9.14. The van der Waals surface area contributed by atoms with Gasteiger partial charge in [0, 0.05) is 44.1 Å². The Bertz CT molecular complexity index is 4090. The van der Waals surface area contributed by atoms with Crippen LogP contribution in [0.3, 0.4) is 0 Å². The van der Waals surface area contributed by atoms with Crippen LogP contribution in [0.2, 0.25) is 92.6 Å². The van der Waals surface area contributed by atoms with E-state index in [4.69, 9.17) is 94.5 Å². The Morgan fingerprint density at radius 2 is 0.762 bits per heavy atom. The second-order valence-corrected chi connectivity index (χ2v) is 54.6. The molecular formula is C75H105BBrCl4F21N4O12Si4. The number of benzene rings is 4. The lowest BCUT2D eigenvalue weighted by Gasteiger charge is -2.36. The van der Waals surface area contributed by atoms with Crippen molar-refractivity contribution in [1.29, 1.82) is 0 Å². The van der Waals surface area contributed by atoms with Crippen LogP contribution in [0.4, 0.5) is 92.2 Å². The lowest BCUT2D eigenvalue weighted by atomic mass is 9.79. The van der Waals surface area contributed by atoms with Gasteiger partial charge in [-0.25, -0.2) is 0 Å². The molecular weight excluding hydrogens is 1890 g/mol. The number of halogens is 26. The second-order valence-electron chi connectivity index (χ2n) is 32.7. The monoisotopic (exact) mass is 1990 g/mol. The van der Waals surface area contributed by atoms with Crippen LogP contribution in [0.1, 0.15) is 149 Å². The third-order valence-electron chi connectivity index (χ3n) is 19.2. The molecule has 698 valence electrons. The van der Waals surface area contributed by atoms with E-state index in [1.165, 1.54) is 18.5 Å². The summed E-state index contributed by atoms with van der Waals surface area (Å²) in [6.45, 7) is 50.1. The smallest absolute Gasteiger partial charge is 0.423 e. The zero-order valence-electron chi connectivity index (χ0n) is 69.8. The number of aldehydes is 1. The van der Waals surface area contributed by atoms with Gasteiger partial charge in [0.25, 0.3) is 11.2 Å². The second kappa shape index (κ2) is 47.2. The molecule has 6 rings (SSSR count). The Morgan fingerprint density at radius 3 is 1.02 bits per heavy atom. The van der Waals surface area contributed by atoms with Gasteiger partial charge in [-0.2, -0.15) is 92.2 Å². The van der Waals surface area contributed by atoms with Gasteiger partial charge < -0.3 is 57.7 Å². The molecule has 2 atom stereocenters. The maximum atomic E-state index is 13.9. The molecule has 0 fully saturated rings. The fraction of sp³-hybridized carbons (Fsp3) is 0.560. The molecule has 2 aliphatic rings. The predicted octanol–water partition coefficient (Wildman–Crippen LogP) is 26.5. The van der Waals surface area contributed by atoms with Crippen molar-refractivity contribution in [2.75, 3.05) is 33.0 Å². The fourth-order valence-corrected chi connectivity index (χ4v) is 12.6. The highest BCUT2D eigenvalue weighted by Crippen LogP contribution is 2.52. The summed E-state index contributed by atoms with van der Waals surface area (Å²) in [5.41, 5.74) is -11.8. The van der Waals surface area contributed by atoms with E-state index in [0.717, 1.165) is 36.6 Å². The number of oxime groups is 4. The van der Waals surface area contributed by atoms with Crippen molar-refractivity contribution in [3.05, 3.63) is 149 Å². The van der Waals surface area contributed by atoms with Gasteiger partial charge in [0.05, 0.1) is 83.6 Å². The van der Waals surface area contributed by atoms with E-state index in [0.29, 0.717) is 60.7 Å². The molecule has 16 nitrogen and oxygen atoms in total. The Kier molecular flexibility index (Phi) is 46.7. The Hall–Kier alpha value is -5.27. The van der Waals surface area contributed by atoms with Gasteiger partial charge in [0.1, 0.15) is 6.29 Å². The third-order valence-corrected chi connectivity index (χ3v) is 38.5. The number of hydrogen-bond donors (Lipinski definition) is 5. The van der Waals surface area contributed by atoms with Gasteiger partial charge in [-0.05, 0) is 173 Å². The average Bonchev–Trinajstić information content (AvgIpc) is 1.55. The normalized spacial score (nSPS) is 16.3. The number of allylic oxidation sites excluding steroid dienone is 2. The largest absolute Gasteiger partial charge is 0.488 e. The van der Waals surface area contributed by atoms with Crippen molar-refractivity contribution >= 4 is 144 Å². The number of nitrogens with zero attached hydrogens (tertiary/aromatic N) is 4. The highest BCUT2D eigenvalue weighted by atomic mass is 79.9. The average molecular weight is 2000 g/mol. The number of carbonyl (C=O) groups excluding carboxylic acids is 1. The minimum absolute atomic E-state index is 0. The molecule has 0 radical (unpaired) electrons. The third kappa shape index (κ3) is 39.5. The number of aliphatic hydroxyl groups excluding tert-OH is 1. The summed E-state index contributed by atoms with van der Waals surface area (Å²) in [7, 11) is -9.18. The molecule has 47 heteroatoms. The summed E-state index contributed by atoms with van der Waals surface area (Å²) in [5.74, 6) is 0. The molecule has 2 aliphatic heterocycles. The molecule has 0 aromatic heterocycles. The predicted molar refractivity (Wildman–Crippen MR) is 449 cm³/mol. The zero-order valence-corrected chi connectivity index (χ0v) is 78.4. The van der Waals surface area contributed by atoms with Crippen molar-refractivity contribution < 1.29 is 150 Å². The van der Waals surface area contributed by atoms with Crippen molar-refractivity contribution in [1.82, 2.24) is 0 Å². The lowest BCUT2D eigenvalue weighted by molar-refractivity contribution is -0.276. The van der Waals surface area contributed by atoms with E-state index >= 15 is 0 Å². The Morgan fingerprint density at radius 1 is 0.484 bits per heavy atom. The first-order chi connectivity index (χ1) is 53.9. The van der Waals surface area contributed by atoms with Crippen LogP contribution in [-0.2, 0) is 68.1 Å². The number of rotatable bonds is 17. The Labute approximate surface area is 730 Å². The fourth-order valence-electron chi connectivity index (χ4n) is 7.92. The van der Waals surface area contributed by atoms with Crippen LogP contribution in [0.5, 0.6) is 0 Å². The topological polar surface area (TPSA) is 223 Å². The summed E-state index contributed by atoms with van der Waals surface area (Å²) in [4.78, 5) is 19.2. The standard InChI is InChI=1S/C18H22ClF6NO2Si.C12H8ClF6NO2.C10H8ClF3.2C8H19NO2Si.C8H18O2Si.C7H5BClF3O2.C3H2BrF3.CH4/c1-15(2,3)29(4,5)27-10-14-9-16(28-26-14,18(23,24)25)11-6-12(17(20,21)22)8-13(19)7-11;13-8-2-6(1-7(3-8)11(14,15)16)10(12(17,18)19)4-9(5-21)20-22-10;1-6(2)7-3-8(10(12,13)14)5-9(11)4-7;2*1-8(2,3)12(4,5)11-7-6-9-10;1-8(2,3)11(4,5)10-7-6-9;9-6-2-4(7(10,11)12)1-5(3-6)8(13)14;1-2(4)3(5,6)7;/h6-8H,9-10H2,1-5H3;1-3,21H,4-5H2;3-5H,1H2,2H3;2*6,10H,7H2,1-5H3;6H,7H2,1-5H3;1-3,13-14H;1H2;1H4/b;;;2*9-6+;;;;. The van der Waals surface area contributed by atoms with E-state index in [1.54, 1.807) is 6.92 Å². The van der Waals surface area contributed by atoms with E-state index in [-0.39, 0.29) is 67.7 Å². The summed E-state index contributed by atoms with van der Waals surface area (Å²) < 4.78 is 288. The summed E-state index contributed by atoms with van der Waals surface area (Å²) in [6.07, 6.45) is -31.1. The van der Waals surface area contributed by atoms with Crippen molar-refractivity contribution in [3.8, 4) is 0 Å². The van der Waals surface area contributed by atoms with Crippen LogP contribution in [0.25, 0.3) is 5.57 Å². The maximum absolute atomic E-state index is 13.9. The van der Waals surface area contributed by atoms with Crippen LogP contribution in [0, 0.1) is 0 Å². The van der Waals surface area contributed by atoms with Gasteiger partial charge in [0.15, 0.2) is 33.3 Å². The number of alkyl halides is 21. The minimum atomic E-state index is -5.05. The first kappa shape index (κ1) is 121. The number of carbonyl (C=O) groups is 1. The molecule has 122 heavy (non-hydrogen) atoms. The first-order valence-electron chi connectivity index (χ1n) is 35.4. The molecule has 0 aliphatic carbocycles. The maximum Gasteiger partial charge on any atom is 0.488 e. The summed E-state index contributed by atoms with van der Waals surface area (Å²) in [5, 5.41) is 54.3. The molecule has 4 aromatic rings. The molecule has 0 saturated carbocycles. The molecule has 0 spiro atoms. The van der Waals surface area contributed by atoms with Gasteiger partial charge in [-0.15, -0.1) is 0 Å². The molecule has 4 aromatic carbocycles. The number of hydrogen-bond acceptors (Lipinski definition) is 16. The van der Waals surface area contributed by atoms with Gasteiger partial charge in [0.2, 0.25) is 0 Å². The number of aliphatic hydroxyl groups is 1. The van der Waals surface area contributed by atoms with Gasteiger partial charge in [-0.1, -0.05) is 182 Å². The highest BCUT2D eigenvalue weighted by molar-refractivity contribution is 9.11. The highest BCUT2D eigenvalue weighted by Gasteiger charge is 2.64. The van der Waals surface area contributed by atoms with E-state index in [1.807, 2.05) is 33.9 Å². The quantitative estimate of drug-likeness (QED) is 0.0166. The van der Waals surface area contributed by atoms with Crippen molar-refractivity contribution in [2.45, 2.75) is 237 Å². The SMILES string of the molecule is C.C=C(Br)C(F)(F)F.C=C(C)c1cc(Cl)cc(C(F)(F)F)c1.CC(C)(C)[Si](C)(C)OC/C=N/O.CC(C)(C)[Si](C)(C)OC/C=N/O.CC(C)(C)[Si](C)(C)OCC1=NOC(c2cc(Cl)cc(C(F)(F)F)c2)(C(F)(F)F)C1.CC(C)(C)[Si](C)(C)OCC=O.OB(O)c1cc(Cl)cc(C(F)(F)F)c1.OCC1=NOC(c2cc(Cl)cc(C(F)(F)F)c2)(C(F)(F)F)C1. The van der Waals surface area contributed by atoms with Crippen LogP contribution in [-0.4, -0.2) is 148 Å². The van der Waals surface area contributed by atoms with Gasteiger partial charge in [-0.3, -0.25) is 0 Å². The van der Waals surface area contributed by atoms with Gasteiger partial charge >= 0.3 is 50.4 Å². The molecule has 0 amide bonds. The molecule has 0 saturated heterocycles. The van der Waals surface area contributed by atoms with E-state index in [2.05, 4.69) is 156 Å². The molecule has 2 heterocycles. The van der Waals surface area contributed by atoms with Crippen LogP contribution >= 0.6 is 62.3 Å². The molecule has 0 bridgehead atoms. The Balaban J connectivity index is -0.00000137. The van der Waals surface area contributed by atoms with Crippen LogP contribution < -0.4 is 5.46 Å². The zero-order chi connectivity index (χ0) is 95.9. The first-order valence-corrected chi connectivity index (χ1v) is 49.3. The lowest BCUT2D eigenvalue weighted by Crippen LogP contribution is -2.44. The molecule has 2 unspecified atom stereocenters. The molecule has 5 N–H and O–H groups in total. The van der Waals surface area contributed by atoms with E-state index in [9.17, 15) is 97.0 Å². The van der Waals surface area contributed by atoms with Crippen molar-refractivity contribution in [2.24, 2.45) is 20.6 Å². The minimum Gasteiger partial charge on any atom is -0.423 e. The van der Waals surface area contributed by atoms with E-state index < -0.39 is 162 Å². The van der Waals surface area contributed by atoms with Crippen molar-refractivity contribution in [3.63, 3.8) is 0 Å².